The summed E-state index contributed by atoms with van der Waals surface area (Å²) in [7, 11) is 0. The Morgan fingerprint density at radius 1 is 1.17 bits per heavy atom. The molecule has 2 atom stereocenters. The summed E-state index contributed by atoms with van der Waals surface area (Å²) in [6.07, 6.45) is 4.74. The zero-order valence-electron chi connectivity index (χ0n) is 14.4. The lowest BCUT2D eigenvalue weighted by molar-refractivity contribution is -0.119. The van der Waals surface area contributed by atoms with Gasteiger partial charge in [-0.25, -0.2) is 0 Å². The van der Waals surface area contributed by atoms with Crippen LogP contribution in [0.3, 0.4) is 0 Å². The lowest BCUT2D eigenvalue weighted by Gasteiger charge is -2.34. The second-order valence-electron chi connectivity index (χ2n) is 7.06. The number of rotatable bonds is 3. The van der Waals surface area contributed by atoms with Gasteiger partial charge in [-0.2, -0.15) is 0 Å². The summed E-state index contributed by atoms with van der Waals surface area (Å²) in [6.45, 7) is 4.33. The van der Waals surface area contributed by atoms with Crippen LogP contribution in [-0.2, 0) is 4.79 Å². The fourth-order valence-electron chi connectivity index (χ4n) is 3.67. The summed E-state index contributed by atoms with van der Waals surface area (Å²) < 4.78 is 0. The van der Waals surface area contributed by atoms with E-state index in [1.54, 1.807) is 0 Å². The van der Waals surface area contributed by atoms with E-state index in [1.165, 1.54) is 0 Å². The van der Waals surface area contributed by atoms with Crippen LogP contribution in [0.25, 0.3) is 0 Å². The molecule has 24 heavy (non-hydrogen) atoms. The predicted octanol–water partition coefficient (Wildman–Crippen LogP) is 2.40. The molecule has 2 N–H and O–H groups in total. The van der Waals surface area contributed by atoms with Gasteiger partial charge in [0.05, 0.1) is 0 Å². The molecule has 0 unspecified atom stereocenters. The van der Waals surface area contributed by atoms with Gasteiger partial charge >= 0.3 is 0 Å². The molecule has 0 aliphatic carbocycles. The Labute approximate surface area is 143 Å². The Bertz CT molecular complexity index is 597. The van der Waals surface area contributed by atoms with Gasteiger partial charge in [0.1, 0.15) is 0 Å². The van der Waals surface area contributed by atoms with Crippen molar-refractivity contribution in [3.8, 4) is 0 Å². The van der Waals surface area contributed by atoms with Crippen molar-refractivity contribution in [3.63, 3.8) is 0 Å². The minimum absolute atomic E-state index is 0.0665. The van der Waals surface area contributed by atoms with Gasteiger partial charge in [0.15, 0.2) is 0 Å². The van der Waals surface area contributed by atoms with E-state index in [-0.39, 0.29) is 17.9 Å². The average Bonchev–Trinajstić information content (AvgIpc) is 2.62. The molecule has 1 aromatic rings. The molecule has 2 aliphatic heterocycles. The molecule has 0 saturated carbocycles. The molecule has 2 fully saturated rings. The topological polar surface area (TPSA) is 66.6 Å². The molecule has 0 spiro atoms. The quantitative estimate of drug-likeness (QED) is 0.926. The lowest BCUT2D eigenvalue weighted by Crippen LogP contribution is -2.45. The molecule has 5 nitrogen and oxygen atoms in total. The van der Waals surface area contributed by atoms with Crippen molar-refractivity contribution < 1.29 is 9.59 Å². The average molecular weight is 329 g/mol. The number of nitrogens with two attached hydrogens (primary N) is 1. The maximum atomic E-state index is 12.7. The molecular weight excluding hydrogens is 302 g/mol. The fourth-order valence-corrected chi connectivity index (χ4v) is 3.67. The van der Waals surface area contributed by atoms with E-state index in [9.17, 15) is 9.59 Å². The van der Waals surface area contributed by atoms with Gasteiger partial charge in [0, 0.05) is 43.3 Å². The van der Waals surface area contributed by atoms with Crippen LogP contribution >= 0.6 is 0 Å². The van der Waals surface area contributed by atoms with Gasteiger partial charge in [0.25, 0.3) is 5.91 Å². The maximum Gasteiger partial charge on any atom is 0.253 e. The normalized spacial score (nSPS) is 23.2. The Morgan fingerprint density at radius 2 is 1.92 bits per heavy atom. The molecule has 1 aromatic carbocycles. The highest BCUT2D eigenvalue weighted by Gasteiger charge is 2.26. The molecule has 2 saturated heterocycles. The SMILES string of the molecule is C[C@H](N)[C@@H]1CCCN(C(=O)c2ccc(N3CCCCC3=O)cc2)C1. The van der Waals surface area contributed by atoms with Gasteiger partial charge in [-0.15, -0.1) is 0 Å². The molecule has 5 heteroatoms. The number of anilines is 1. The minimum atomic E-state index is 0.0665. The fraction of sp³-hybridized carbons (Fsp3) is 0.579. The van der Waals surface area contributed by atoms with Crippen molar-refractivity contribution in [2.24, 2.45) is 11.7 Å². The summed E-state index contributed by atoms with van der Waals surface area (Å²) in [5, 5.41) is 0. The highest BCUT2D eigenvalue weighted by molar-refractivity contribution is 5.97. The summed E-state index contributed by atoms with van der Waals surface area (Å²) in [6, 6.07) is 7.59. The van der Waals surface area contributed by atoms with Crippen molar-refractivity contribution in [2.45, 2.75) is 45.1 Å². The number of hydrogen-bond acceptors (Lipinski definition) is 3. The Balaban J connectivity index is 1.68. The van der Waals surface area contributed by atoms with Crippen LogP contribution in [0.2, 0.25) is 0 Å². The van der Waals surface area contributed by atoms with Crippen molar-refractivity contribution in [2.75, 3.05) is 24.5 Å². The van der Waals surface area contributed by atoms with Crippen molar-refractivity contribution >= 4 is 17.5 Å². The van der Waals surface area contributed by atoms with Gasteiger partial charge in [-0.3, -0.25) is 9.59 Å². The van der Waals surface area contributed by atoms with E-state index < -0.39 is 0 Å². The number of carbonyl (C=O) groups excluding carboxylic acids is 2. The first-order chi connectivity index (χ1) is 11.6. The van der Waals surface area contributed by atoms with E-state index in [4.69, 9.17) is 5.73 Å². The van der Waals surface area contributed by atoms with Gasteiger partial charge < -0.3 is 15.5 Å². The Kier molecular flexibility index (Phi) is 5.19. The number of benzene rings is 1. The highest BCUT2D eigenvalue weighted by Crippen LogP contribution is 2.24. The Hall–Kier alpha value is -1.88. The Morgan fingerprint density at radius 3 is 2.58 bits per heavy atom. The van der Waals surface area contributed by atoms with Gasteiger partial charge in [0.2, 0.25) is 5.91 Å². The first-order valence-electron chi connectivity index (χ1n) is 9.01. The maximum absolute atomic E-state index is 12.7. The standard InChI is InChI=1S/C19H27N3O2/c1-14(20)16-5-4-11-21(13-16)19(24)15-7-9-17(10-8-15)22-12-3-2-6-18(22)23/h7-10,14,16H,2-6,11-13,20H2,1H3/t14-,16+/m0/s1. The van der Waals surface area contributed by atoms with E-state index >= 15 is 0 Å². The van der Waals surface area contributed by atoms with Crippen LogP contribution in [0.1, 0.15) is 49.4 Å². The number of amides is 2. The zero-order valence-corrected chi connectivity index (χ0v) is 14.4. The zero-order chi connectivity index (χ0) is 17.1. The van der Waals surface area contributed by atoms with Gasteiger partial charge in [-0.1, -0.05) is 0 Å². The predicted molar refractivity (Wildman–Crippen MR) is 94.9 cm³/mol. The van der Waals surface area contributed by atoms with Crippen molar-refractivity contribution in [1.82, 2.24) is 4.90 Å². The second-order valence-corrected chi connectivity index (χ2v) is 7.06. The molecule has 0 aromatic heterocycles. The number of nitrogens with zero attached hydrogens (tertiary/aromatic N) is 2. The van der Waals surface area contributed by atoms with Crippen LogP contribution in [0, 0.1) is 5.92 Å². The van der Waals surface area contributed by atoms with Crippen molar-refractivity contribution in [3.05, 3.63) is 29.8 Å². The molecule has 2 aliphatic rings. The molecule has 2 heterocycles. The minimum Gasteiger partial charge on any atom is -0.338 e. The molecule has 2 amide bonds. The van der Waals surface area contributed by atoms with Crippen LogP contribution in [-0.4, -0.2) is 42.4 Å². The third-order valence-electron chi connectivity index (χ3n) is 5.24. The van der Waals surface area contributed by atoms with Crippen LogP contribution < -0.4 is 10.6 Å². The summed E-state index contributed by atoms with van der Waals surface area (Å²) >= 11 is 0. The number of hydrogen-bond donors (Lipinski definition) is 1. The smallest absolute Gasteiger partial charge is 0.253 e. The number of likely N-dealkylation sites (tertiary alicyclic amines) is 1. The first-order valence-corrected chi connectivity index (χ1v) is 9.01. The first kappa shape index (κ1) is 17.0. The summed E-state index contributed by atoms with van der Waals surface area (Å²) in [4.78, 5) is 28.5. The van der Waals surface area contributed by atoms with Crippen LogP contribution in [0.5, 0.6) is 0 Å². The van der Waals surface area contributed by atoms with Crippen LogP contribution in [0.15, 0.2) is 24.3 Å². The third-order valence-corrected chi connectivity index (χ3v) is 5.24. The molecule has 0 radical (unpaired) electrons. The second kappa shape index (κ2) is 7.34. The number of piperidine rings is 2. The van der Waals surface area contributed by atoms with Gasteiger partial charge in [-0.05, 0) is 62.8 Å². The highest BCUT2D eigenvalue weighted by atomic mass is 16.2. The molecule has 3 rings (SSSR count). The molecule has 0 bridgehead atoms. The van der Waals surface area contributed by atoms with E-state index in [0.717, 1.165) is 51.0 Å². The van der Waals surface area contributed by atoms with E-state index in [1.807, 2.05) is 41.0 Å². The van der Waals surface area contributed by atoms with E-state index in [2.05, 4.69) is 0 Å². The monoisotopic (exact) mass is 329 g/mol. The summed E-state index contributed by atoms with van der Waals surface area (Å²) in [5.41, 5.74) is 7.59. The molecular formula is C19H27N3O2. The lowest BCUT2D eigenvalue weighted by atomic mass is 9.92. The largest absolute Gasteiger partial charge is 0.338 e. The number of carbonyl (C=O) groups is 2. The molecule has 130 valence electrons. The summed E-state index contributed by atoms with van der Waals surface area (Å²) in [5.74, 6) is 0.626. The van der Waals surface area contributed by atoms with Crippen LogP contribution in [0.4, 0.5) is 5.69 Å². The van der Waals surface area contributed by atoms with E-state index in [0.29, 0.717) is 17.9 Å². The third kappa shape index (κ3) is 3.61. The van der Waals surface area contributed by atoms with Crippen molar-refractivity contribution in [1.29, 1.82) is 0 Å².